The van der Waals surface area contributed by atoms with E-state index in [0.29, 0.717) is 19.6 Å². The molecule has 0 bridgehead atoms. The van der Waals surface area contributed by atoms with E-state index < -0.39 is 18.2 Å². The van der Waals surface area contributed by atoms with E-state index in [1.165, 1.54) is 0 Å². The standard InChI is InChI=1S/C29H50N4O3/c1-8-9-13-29(5,6)21(4)31-19-27(34)25(30)17-24(20(2)3)28(35)22-11-12-23-18-32-33(26(23)16-22)14-10-15-36-7/h11-12,16,18,20,24-25,27-28,31,34-35H,4,8-10,13-15,17,19,30H2,1-3,5-7H3/t24-,25-,27-,28+/m0/s1. The molecule has 204 valence electrons. The van der Waals surface area contributed by atoms with Gasteiger partial charge in [0, 0.05) is 49.3 Å². The number of allylic oxidation sites excluding steroid dienone is 1. The Kier molecular flexibility index (Phi) is 11.9. The molecular formula is C29H50N4O3. The summed E-state index contributed by atoms with van der Waals surface area (Å²) in [5.41, 5.74) is 9.20. The summed E-state index contributed by atoms with van der Waals surface area (Å²) in [6.45, 7) is 16.7. The average Bonchev–Trinajstić information content (AvgIpc) is 3.25. The predicted molar refractivity (Wildman–Crippen MR) is 149 cm³/mol. The van der Waals surface area contributed by atoms with Crippen molar-refractivity contribution < 1.29 is 14.9 Å². The highest BCUT2D eigenvalue weighted by molar-refractivity contribution is 5.79. The SMILES string of the molecule is C=C(NC[C@H](O)[C@@H](N)C[C@@H](C(C)C)[C@H](O)c1ccc2cnn(CCCOC)c2c1)C(C)(C)CCCC. The molecular weight excluding hydrogens is 452 g/mol. The van der Waals surface area contributed by atoms with Crippen LogP contribution in [-0.4, -0.2) is 52.4 Å². The maximum absolute atomic E-state index is 11.4. The van der Waals surface area contributed by atoms with Gasteiger partial charge in [-0.05, 0) is 42.7 Å². The second-order valence-electron chi connectivity index (χ2n) is 11.2. The molecule has 1 aromatic heterocycles. The molecule has 0 aliphatic heterocycles. The molecule has 0 amide bonds. The van der Waals surface area contributed by atoms with Gasteiger partial charge in [-0.25, -0.2) is 0 Å². The lowest BCUT2D eigenvalue weighted by Crippen LogP contribution is -2.44. The second kappa shape index (κ2) is 14.1. The molecule has 0 saturated heterocycles. The van der Waals surface area contributed by atoms with Crippen molar-refractivity contribution in [3.63, 3.8) is 0 Å². The summed E-state index contributed by atoms with van der Waals surface area (Å²) in [6.07, 6.45) is 5.16. The van der Waals surface area contributed by atoms with Crippen LogP contribution in [0.25, 0.3) is 10.9 Å². The van der Waals surface area contributed by atoms with Gasteiger partial charge >= 0.3 is 0 Å². The number of hydrogen-bond acceptors (Lipinski definition) is 6. The second-order valence-corrected chi connectivity index (χ2v) is 11.2. The van der Waals surface area contributed by atoms with E-state index in [0.717, 1.165) is 54.4 Å². The number of aliphatic hydroxyl groups is 2. The first-order valence-electron chi connectivity index (χ1n) is 13.5. The number of fused-ring (bicyclic) bond motifs is 1. The first-order valence-corrected chi connectivity index (χ1v) is 13.5. The van der Waals surface area contributed by atoms with Gasteiger partial charge in [0.1, 0.15) is 0 Å². The van der Waals surface area contributed by atoms with Gasteiger partial charge in [0.25, 0.3) is 0 Å². The van der Waals surface area contributed by atoms with Crippen molar-refractivity contribution in [1.82, 2.24) is 15.1 Å². The number of benzene rings is 1. The lowest BCUT2D eigenvalue weighted by atomic mass is 9.81. The summed E-state index contributed by atoms with van der Waals surface area (Å²) in [5.74, 6) is 0.0950. The number of aromatic nitrogens is 2. The smallest absolute Gasteiger partial charge is 0.0863 e. The van der Waals surface area contributed by atoms with Gasteiger partial charge in [-0.2, -0.15) is 5.10 Å². The number of aliphatic hydroxyl groups excluding tert-OH is 2. The van der Waals surface area contributed by atoms with Gasteiger partial charge in [0.05, 0.1) is 23.9 Å². The van der Waals surface area contributed by atoms with E-state index in [9.17, 15) is 10.2 Å². The maximum atomic E-state index is 11.4. The van der Waals surface area contributed by atoms with Crippen molar-refractivity contribution in [3.8, 4) is 0 Å². The Bertz CT molecular complexity index is 940. The molecule has 0 spiro atoms. The quantitative estimate of drug-likeness (QED) is 0.232. The molecule has 0 aliphatic carbocycles. The normalized spacial score (nSPS) is 15.7. The van der Waals surface area contributed by atoms with Crippen LogP contribution < -0.4 is 11.1 Å². The Morgan fingerprint density at radius 1 is 1.25 bits per heavy atom. The lowest BCUT2D eigenvalue weighted by Gasteiger charge is -2.32. The van der Waals surface area contributed by atoms with Gasteiger partial charge in [0.15, 0.2) is 0 Å². The van der Waals surface area contributed by atoms with Gasteiger partial charge < -0.3 is 26.0 Å². The third kappa shape index (κ3) is 8.30. The van der Waals surface area contributed by atoms with Crippen molar-refractivity contribution in [3.05, 3.63) is 42.2 Å². The van der Waals surface area contributed by atoms with Crippen LogP contribution in [0.15, 0.2) is 36.7 Å². The van der Waals surface area contributed by atoms with E-state index in [-0.39, 0.29) is 17.3 Å². The number of methoxy groups -OCH3 is 1. The summed E-state index contributed by atoms with van der Waals surface area (Å²) in [4.78, 5) is 0. The van der Waals surface area contributed by atoms with Crippen molar-refractivity contribution in [1.29, 1.82) is 0 Å². The van der Waals surface area contributed by atoms with Crippen LogP contribution in [0.2, 0.25) is 0 Å². The number of unbranched alkanes of at least 4 members (excludes halogenated alkanes) is 1. The molecule has 4 atom stereocenters. The Morgan fingerprint density at radius 2 is 1.97 bits per heavy atom. The number of hydrogen-bond donors (Lipinski definition) is 4. The molecule has 7 nitrogen and oxygen atoms in total. The fourth-order valence-electron chi connectivity index (χ4n) is 4.68. The molecule has 0 fully saturated rings. The molecule has 7 heteroatoms. The number of nitrogens with one attached hydrogen (secondary N) is 1. The molecule has 36 heavy (non-hydrogen) atoms. The molecule has 0 unspecified atom stereocenters. The minimum Gasteiger partial charge on any atom is -0.390 e. The highest BCUT2D eigenvalue weighted by Crippen LogP contribution is 2.34. The van der Waals surface area contributed by atoms with Gasteiger partial charge in [-0.1, -0.05) is 66.2 Å². The van der Waals surface area contributed by atoms with E-state index in [2.05, 4.69) is 51.6 Å². The zero-order valence-electron chi connectivity index (χ0n) is 23.3. The zero-order valence-corrected chi connectivity index (χ0v) is 23.3. The summed E-state index contributed by atoms with van der Waals surface area (Å²) in [7, 11) is 1.70. The third-order valence-corrected chi connectivity index (χ3v) is 7.53. The Balaban J connectivity index is 2.05. The summed E-state index contributed by atoms with van der Waals surface area (Å²) < 4.78 is 7.13. The summed E-state index contributed by atoms with van der Waals surface area (Å²) >= 11 is 0. The van der Waals surface area contributed by atoms with E-state index in [1.807, 2.05) is 29.1 Å². The Hall–Kier alpha value is -1.93. The first kappa shape index (κ1) is 30.3. The third-order valence-electron chi connectivity index (χ3n) is 7.53. The van der Waals surface area contributed by atoms with Crippen LogP contribution in [-0.2, 0) is 11.3 Å². The Morgan fingerprint density at radius 3 is 2.61 bits per heavy atom. The van der Waals surface area contributed by atoms with E-state index in [1.54, 1.807) is 7.11 Å². The lowest BCUT2D eigenvalue weighted by molar-refractivity contribution is 0.0526. The predicted octanol–water partition coefficient (Wildman–Crippen LogP) is 4.78. The fourth-order valence-corrected chi connectivity index (χ4v) is 4.68. The number of ether oxygens (including phenoxy) is 1. The van der Waals surface area contributed by atoms with Gasteiger partial charge in [0.2, 0.25) is 0 Å². The minimum absolute atomic E-state index is 0.0365. The van der Waals surface area contributed by atoms with Crippen molar-refractivity contribution >= 4 is 10.9 Å². The average molecular weight is 503 g/mol. The van der Waals surface area contributed by atoms with Crippen molar-refractivity contribution in [2.75, 3.05) is 20.3 Å². The molecule has 1 aromatic carbocycles. The van der Waals surface area contributed by atoms with Crippen molar-refractivity contribution in [2.24, 2.45) is 23.0 Å². The molecule has 0 saturated carbocycles. The molecule has 0 aliphatic rings. The minimum atomic E-state index is -0.734. The highest BCUT2D eigenvalue weighted by atomic mass is 16.5. The maximum Gasteiger partial charge on any atom is 0.0863 e. The van der Waals surface area contributed by atoms with Crippen LogP contribution >= 0.6 is 0 Å². The van der Waals surface area contributed by atoms with E-state index in [4.69, 9.17) is 10.5 Å². The largest absolute Gasteiger partial charge is 0.390 e. The zero-order chi connectivity index (χ0) is 26.9. The van der Waals surface area contributed by atoms with Crippen LogP contribution in [0.4, 0.5) is 0 Å². The Labute approximate surface area is 218 Å². The monoisotopic (exact) mass is 502 g/mol. The van der Waals surface area contributed by atoms with Gasteiger partial charge in [-0.3, -0.25) is 4.68 Å². The number of nitrogens with zero attached hydrogens (tertiary/aromatic N) is 2. The molecule has 0 radical (unpaired) electrons. The topological polar surface area (TPSA) is 106 Å². The fraction of sp³-hybridized carbons (Fsp3) is 0.690. The molecule has 2 aromatic rings. The van der Waals surface area contributed by atoms with Crippen molar-refractivity contribution in [2.45, 2.75) is 91.5 Å². The van der Waals surface area contributed by atoms with Crippen LogP contribution in [0.3, 0.4) is 0 Å². The number of aryl methyl sites for hydroxylation is 1. The van der Waals surface area contributed by atoms with Crippen LogP contribution in [0.1, 0.15) is 78.4 Å². The number of rotatable bonds is 17. The first-order chi connectivity index (χ1) is 17.0. The summed E-state index contributed by atoms with van der Waals surface area (Å²) in [6, 6.07) is 5.54. The summed E-state index contributed by atoms with van der Waals surface area (Å²) in [5, 5.41) is 31.0. The molecule has 1 heterocycles. The van der Waals surface area contributed by atoms with Gasteiger partial charge in [-0.15, -0.1) is 0 Å². The molecule has 5 N–H and O–H groups in total. The number of nitrogens with two attached hydrogens (primary N) is 1. The molecule has 2 rings (SSSR count). The van der Waals surface area contributed by atoms with E-state index >= 15 is 0 Å². The van der Waals surface area contributed by atoms with Crippen LogP contribution in [0.5, 0.6) is 0 Å². The van der Waals surface area contributed by atoms with Crippen LogP contribution in [0, 0.1) is 17.3 Å². The highest BCUT2D eigenvalue weighted by Gasteiger charge is 2.30.